The first-order chi connectivity index (χ1) is 13.2. The molecule has 2 aromatic heterocycles. The van der Waals surface area contributed by atoms with E-state index < -0.39 is 0 Å². The number of amides is 1. The summed E-state index contributed by atoms with van der Waals surface area (Å²) in [5, 5.41) is 3.93. The molecule has 3 heterocycles. The molecule has 1 amide bonds. The van der Waals surface area contributed by atoms with Crippen LogP contribution in [0.3, 0.4) is 0 Å². The van der Waals surface area contributed by atoms with Crippen molar-refractivity contribution in [3.8, 4) is 11.3 Å². The molecule has 1 saturated heterocycles. The molecule has 0 spiro atoms. The zero-order valence-corrected chi connectivity index (χ0v) is 14.8. The van der Waals surface area contributed by atoms with Crippen LogP contribution in [0.25, 0.3) is 11.3 Å². The van der Waals surface area contributed by atoms with Gasteiger partial charge in [-0.15, -0.1) is 0 Å². The van der Waals surface area contributed by atoms with Crippen molar-refractivity contribution >= 4 is 5.91 Å². The van der Waals surface area contributed by atoms with Gasteiger partial charge >= 0.3 is 0 Å². The highest BCUT2D eigenvalue weighted by Crippen LogP contribution is 2.24. The second kappa shape index (κ2) is 7.70. The van der Waals surface area contributed by atoms with Gasteiger partial charge < -0.3 is 9.42 Å². The van der Waals surface area contributed by atoms with Crippen molar-refractivity contribution in [2.75, 3.05) is 13.1 Å². The predicted octanol–water partition coefficient (Wildman–Crippen LogP) is 3.97. The van der Waals surface area contributed by atoms with Gasteiger partial charge in [0.2, 0.25) is 0 Å². The fourth-order valence-electron chi connectivity index (χ4n) is 3.52. The summed E-state index contributed by atoms with van der Waals surface area (Å²) in [5.41, 5.74) is 2.12. The molecule has 4 rings (SSSR count). The summed E-state index contributed by atoms with van der Waals surface area (Å²) < 4.78 is 18.6. The Morgan fingerprint density at radius 3 is 2.78 bits per heavy atom. The highest BCUT2D eigenvalue weighted by atomic mass is 19.1. The number of hydrogen-bond donors (Lipinski definition) is 0. The predicted molar refractivity (Wildman–Crippen MR) is 98.5 cm³/mol. The fourth-order valence-corrected chi connectivity index (χ4v) is 3.52. The molecule has 1 aromatic carbocycles. The van der Waals surface area contributed by atoms with Crippen LogP contribution in [0.1, 0.15) is 28.9 Å². The second-order valence-corrected chi connectivity index (χ2v) is 6.89. The third-order valence-electron chi connectivity index (χ3n) is 4.99. The van der Waals surface area contributed by atoms with E-state index in [0.717, 1.165) is 30.4 Å². The van der Waals surface area contributed by atoms with Crippen LogP contribution in [0, 0.1) is 11.7 Å². The molecule has 0 atom stereocenters. The average Bonchev–Trinajstić information content (AvgIpc) is 3.19. The molecule has 5 nitrogen and oxygen atoms in total. The molecule has 0 saturated carbocycles. The van der Waals surface area contributed by atoms with Crippen LogP contribution in [0.5, 0.6) is 0 Å². The second-order valence-electron chi connectivity index (χ2n) is 6.89. The lowest BCUT2D eigenvalue weighted by molar-refractivity contribution is 0.0680. The Hall–Kier alpha value is -3.02. The summed E-state index contributed by atoms with van der Waals surface area (Å²) in [6.45, 7) is 1.35. The highest BCUT2D eigenvalue weighted by molar-refractivity contribution is 5.93. The van der Waals surface area contributed by atoms with E-state index in [1.165, 1.54) is 6.07 Å². The first-order valence-electron chi connectivity index (χ1n) is 9.10. The normalized spacial score (nSPS) is 15.1. The molecule has 0 aliphatic carbocycles. The number of piperidine rings is 1. The van der Waals surface area contributed by atoms with Gasteiger partial charge in [0.15, 0.2) is 11.5 Å². The summed E-state index contributed by atoms with van der Waals surface area (Å²) >= 11 is 0. The van der Waals surface area contributed by atoms with Crippen LogP contribution >= 0.6 is 0 Å². The number of halogens is 1. The number of likely N-dealkylation sites (tertiary alicyclic amines) is 1. The minimum Gasteiger partial charge on any atom is -0.355 e. The minimum atomic E-state index is -0.199. The average molecular weight is 365 g/mol. The van der Waals surface area contributed by atoms with Gasteiger partial charge in [-0.05, 0) is 55.0 Å². The van der Waals surface area contributed by atoms with Gasteiger partial charge in [-0.3, -0.25) is 9.78 Å². The summed E-state index contributed by atoms with van der Waals surface area (Å²) in [6, 6.07) is 12.1. The van der Waals surface area contributed by atoms with E-state index in [2.05, 4.69) is 10.1 Å². The lowest BCUT2D eigenvalue weighted by Crippen LogP contribution is -2.39. The van der Waals surface area contributed by atoms with E-state index >= 15 is 0 Å². The number of carbonyl (C=O) groups excluding carboxylic acids is 1. The van der Waals surface area contributed by atoms with Crippen molar-refractivity contribution in [1.82, 2.24) is 15.0 Å². The van der Waals surface area contributed by atoms with Crippen LogP contribution in [0.2, 0.25) is 0 Å². The lowest BCUT2D eigenvalue weighted by Gasteiger charge is -2.31. The third-order valence-corrected chi connectivity index (χ3v) is 4.99. The summed E-state index contributed by atoms with van der Waals surface area (Å²) in [5.74, 6) is 0.681. The molecular weight excluding hydrogens is 345 g/mol. The van der Waals surface area contributed by atoms with Crippen molar-refractivity contribution in [1.29, 1.82) is 0 Å². The smallest absolute Gasteiger partial charge is 0.276 e. The summed E-state index contributed by atoms with van der Waals surface area (Å²) in [7, 11) is 0. The van der Waals surface area contributed by atoms with Crippen LogP contribution in [0.4, 0.5) is 4.39 Å². The molecule has 0 unspecified atom stereocenters. The fraction of sp³-hybridized carbons (Fsp3) is 0.286. The van der Waals surface area contributed by atoms with Crippen LogP contribution in [-0.2, 0) is 6.42 Å². The number of pyridine rings is 1. The van der Waals surface area contributed by atoms with E-state index in [1.54, 1.807) is 30.6 Å². The van der Waals surface area contributed by atoms with Gasteiger partial charge in [-0.2, -0.15) is 0 Å². The summed E-state index contributed by atoms with van der Waals surface area (Å²) in [6.07, 6.45) is 5.99. The third kappa shape index (κ3) is 4.05. The standard InChI is InChI=1S/C21H20FN3O2/c22-18-5-1-3-16(12-18)11-15-6-9-25(10-7-15)21(26)19-13-20(27-24-19)17-4-2-8-23-14-17/h1-5,8,12-15H,6-7,9-11H2. The zero-order chi connectivity index (χ0) is 18.6. The first-order valence-corrected chi connectivity index (χ1v) is 9.10. The molecule has 3 aromatic rings. The number of hydrogen-bond acceptors (Lipinski definition) is 4. The molecule has 27 heavy (non-hydrogen) atoms. The Kier molecular flexibility index (Phi) is 4.96. The zero-order valence-electron chi connectivity index (χ0n) is 14.8. The van der Waals surface area contributed by atoms with Gasteiger partial charge in [-0.1, -0.05) is 17.3 Å². The maximum atomic E-state index is 13.3. The molecule has 1 aliphatic heterocycles. The van der Waals surface area contributed by atoms with E-state index in [1.807, 2.05) is 23.1 Å². The van der Waals surface area contributed by atoms with Crippen LogP contribution in [-0.4, -0.2) is 34.0 Å². The molecule has 6 heteroatoms. The maximum Gasteiger partial charge on any atom is 0.276 e. The Morgan fingerprint density at radius 1 is 1.19 bits per heavy atom. The SMILES string of the molecule is O=C(c1cc(-c2cccnc2)on1)N1CCC(Cc2cccc(F)c2)CC1. The molecule has 138 valence electrons. The minimum absolute atomic E-state index is 0.113. The van der Waals surface area contributed by atoms with Gasteiger partial charge in [0.1, 0.15) is 5.82 Å². The number of nitrogens with zero attached hydrogens (tertiary/aromatic N) is 3. The Balaban J connectivity index is 1.35. The van der Waals surface area contributed by atoms with Crippen molar-refractivity contribution in [2.45, 2.75) is 19.3 Å². The molecule has 1 fully saturated rings. The quantitative estimate of drug-likeness (QED) is 0.702. The van der Waals surface area contributed by atoms with Crippen LogP contribution < -0.4 is 0 Å². The molecule has 0 N–H and O–H groups in total. The van der Waals surface area contributed by atoms with Crippen molar-refractivity contribution < 1.29 is 13.7 Å². The molecule has 0 radical (unpaired) electrons. The van der Waals surface area contributed by atoms with E-state index in [-0.39, 0.29) is 11.7 Å². The topological polar surface area (TPSA) is 59.2 Å². The van der Waals surface area contributed by atoms with Crippen LogP contribution in [0.15, 0.2) is 59.4 Å². The Morgan fingerprint density at radius 2 is 2.04 bits per heavy atom. The Labute approximate surface area is 156 Å². The number of carbonyl (C=O) groups is 1. The largest absolute Gasteiger partial charge is 0.355 e. The van der Waals surface area contributed by atoms with Crippen molar-refractivity contribution in [2.24, 2.45) is 5.92 Å². The van der Waals surface area contributed by atoms with Crippen molar-refractivity contribution in [3.63, 3.8) is 0 Å². The molecule has 0 bridgehead atoms. The number of aromatic nitrogens is 2. The monoisotopic (exact) mass is 365 g/mol. The lowest BCUT2D eigenvalue weighted by atomic mass is 9.90. The van der Waals surface area contributed by atoms with Gasteiger partial charge in [0.05, 0.1) is 0 Å². The first kappa shape index (κ1) is 17.4. The number of benzene rings is 1. The Bertz CT molecular complexity index is 918. The highest BCUT2D eigenvalue weighted by Gasteiger charge is 2.26. The van der Waals surface area contributed by atoms with Gasteiger partial charge in [0, 0.05) is 37.1 Å². The van der Waals surface area contributed by atoms with E-state index in [9.17, 15) is 9.18 Å². The van der Waals surface area contributed by atoms with Gasteiger partial charge in [0.25, 0.3) is 5.91 Å². The van der Waals surface area contributed by atoms with E-state index in [0.29, 0.717) is 30.5 Å². The maximum absolute atomic E-state index is 13.3. The molecule has 1 aliphatic rings. The summed E-state index contributed by atoms with van der Waals surface area (Å²) in [4.78, 5) is 18.6. The van der Waals surface area contributed by atoms with Crippen molar-refractivity contribution in [3.05, 3.63) is 71.9 Å². The molecular formula is C21H20FN3O2. The van der Waals surface area contributed by atoms with E-state index in [4.69, 9.17) is 4.52 Å². The van der Waals surface area contributed by atoms with Gasteiger partial charge in [-0.25, -0.2) is 4.39 Å². The number of rotatable bonds is 4.